The molecule has 0 spiro atoms. The Hall–Kier alpha value is -1.40. The van der Waals surface area contributed by atoms with E-state index in [0.717, 1.165) is 31.0 Å². The highest BCUT2D eigenvalue weighted by Crippen LogP contribution is 2.19. The first kappa shape index (κ1) is 13.0. The predicted molar refractivity (Wildman–Crippen MR) is 71.4 cm³/mol. The van der Waals surface area contributed by atoms with Crippen LogP contribution in [0.1, 0.15) is 24.8 Å². The third-order valence-corrected chi connectivity index (χ3v) is 3.19. The zero-order chi connectivity index (χ0) is 13.0. The standard InChI is InChI=1S/C12H21N5O/c1-9-7-14-12(16-13)15-11(9)17(2)8-10-5-3-4-6-18-10/h7,10H,3-6,8,13H2,1-2H3,(H,14,15,16). The van der Waals surface area contributed by atoms with Gasteiger partial charge in [0.25, 0.3) is 0 Å². The molecule has 0 aromatic carbocycles. The lowest BCUT2D eigenvalue weighted by Crippen LogP contribution is -2.34. The fourth-order valence-corrected chi connectivity index (χ4v) is 2.23. The van der Waals surface area contributed by atoms with Crippen molar-refractivity contribution in [2.45, 2.75) is 32.3 Å². The van der Waals surface area contributed by atoms with E-state index >= 15 is 0 Å². The number of nitrogens with one attached hydrogen (secondary N) is 1. The number of hydrogen-bond acceptors (Lipinski definition) is 6. The monoisotopic (exact) mass is 251 g/mol. The zero-order valence-electron chi connectivity index (χ0n) is 11.0. The van der Waals surface area contributed by atoms with Crippen LogP contribution in [0, 0.1) is 6.92 Å². The highest BCUT2D eigenvalue weighted by molar-refractivity contribution is 5.48. The number of aryl methyl sites for hydroxylation is 1. The second-order valence-electron chi connectivity index (χ2n) is 4.71. The second-order valence-corrected chi connectivity index (χ2v) is 4.71. The first-order chi connectivity index (χ1) is 8.70. The molecule has 2 heterocycles. The number of hydrazine groups is 1. The van der Waals surface area contributed by atoms with E-state index in [1.54, 1.807) is 6.20 Å². The van der Waals surface area contributed by atoms with E-state index in [9.17, 15) is 0 Å². The Morgan fingerprint density at radius 1 is 1.56 bits per heavy atom. The molecule has 1 aromatic heterocycles. The van der Waals surface area contributed by atoms with Gasteiger partial charge in [-0.15, -0.1) is 0 Å². The lowest BCUT2D eigenvalue weighted by molar-refractivity contribution is 0.0215. The average molecular weight is 251 g/mol. The molecule has 0 amide bonds. The first-order valence-corrected chi connectivity index (χ1v) is 6.33. The summed E-state index contributed by atoms with van der Waals surface area (Å²) in [5, 5.41) is 0. The maximum Gasteiger partial charge on any atom is 0.239 e. The maximum atomic E-state index is 5.74. The normalized spacial score (nSPS) is 19.6. The summed E-state index contributed by atoms with van der Waals surface area (Å²) in [5.74, 6) is 6.67. The summed E-state index contributed by atoms with van der Waals surface area (Å²) in [4.78, 5) is 10.6. The number of nitrogens with zero attached hydrogens (tertiary/aromatic N) is 3. The van der Waals surface area contributed by atoms with E-state index in [2.05, 4.69) is 20.3 Å². The molecule has 1 fully saturated rings. The van der Waals surface area contributed by atoms with Gasteiger partial charge in [0.15, 0.2) is 0 Å². The molecule has 2 rings (SSSR count). The Balaban J connectivity index is 2.04. The van der Waals surface area contributed by atoms with Crippen molar-refractivity contribution in [1.82, 2.24) is 9.97 Å². The van der Waals surface area contributed by atoms with Crippen LogP contribution < -0.4 is 16.2 Å². The molecule has 1 atom stereocenters. The molecule has 0 aliphatic carbocycles. The average Bonchev–Trinajstić information content (AvgIpc) is 2.40. The molecule has 1 aliphatic rings. The highest BCUT2D eigenvalue weighted by atomic mass is 16.5. The van der Waals surface area contributed by atoms with Crippen molar-refractivity contribution in [3.63, 3.8) is 0 Å². The molecule has 1 aliphatic heterocycles. The van der Waals surface area contributed by atoms with Crippen molar-refractivity contribution in [2.75, 3.05) is 30.5 Å². The number of rotatable bonds is 4. The van der Waals surface area contributed by atoms with E-state index in [1.165, 1.54) is 12.8 Å². The van der Waals surface area contributed by atoms with Crippen LogP contribution >= 0.6 is 0 Å². The van der Waals surface area contributed by atoms with Gasteiger partial charge in [0.2, 0.25) is 5.95 Å². The molecular weight excluding hydrogens is 230 g/mol. The Labute approximate surface area is 108 Å². The second kappa shape index (κ2) is 5.97. The maximum absolute atomic E-state index is 5.74. The van der Waals surface area contributed by atoms with E-state index < -0.39 is 0 Å². The minimum Gasteiger partial charge on any atom is -0.376 e. The first-order valence-electron chi connectivity index (χ1n) is 6.33. The fourth-order valence-electron chi connectivity index (χ4n) is 2.23. The van der Waals surface area contributed by atoms with E-state index in [-0.39, 0.29) is 0 Å². The van der Waals surface area contributed by atoms with Crippen molar-refractivity contribution in [1.29, 1.82) is 0 Å². The summed E-state index contributed by atoms with van der Waals surface area (Å²) < 4.78 is 5.74. The SMILES string of the molecule is Cc1cnc(NN)nc1N(C)CC1CCCCO1. The van der Waals surface area contributed by atoms with Crippen LogP contribution in [-0.2, 0) is 4.74 Å². The quantitative estimate of drug-likeness (QED) is 0.616. The number of anilines is 2. The Kier molecular flexibility index (Phi) is 4.33. The minimum atomic E-state index is 0.299. The molecule has 0 saturated carbocycles. The molecule has 0 radical (unpaired) electrons. The van der Waals surface area contributed by atoms with Crippen molar-refractivity contribution in [3.8, 4) is 0 Å². The molecule has 1 unspecified atom stereocenters. The molecule has 18 heavy (non-hydrogen) atoms. The summed E-state index contributed by atoms with van der Waals surface area (Å²) in [6, 6.07) is 0. The summed E-state index contributed by atoms with van der Waals surface area (Å²) in [5.41, 5.74) is 3.51. The van der Waals surface area contributed by atoms with Crippen molar-refractivity contribution in [2.24, 2.45) is 5.84 Å². The minimum absolute atomic E-state index is 0.299. The van der Waals surface area contributed by atoms with Gasteiger partial charge in [-0.2, -0.15) is 4.98 Å². The third kappa shape index (κ3) is 3.08. The van der Waals surface area contributed by atoms with Gasteiger partial charge in [-0.25, -0.2) is 10.8 Å². The van der Waals surface area contributed by atoms with Crippen molar-refractivity contribution < 1.29 is 4.74 Å². The van der Waals surface area contributed by atoms with Gasteiger partial charge in [-0.3, -0.25) is 5.43 Å². The lowest BCUT2D eigenvalue weighted by atomic mass is 10.1. The van der Waals surface area contributed by atoms with Gasteiger partial charge in [0.05, 0.1) is 6.10 Å². The van der Waals surface area contributed by atoms with E-state index in [4.69, 9.17) is 10.6 Å². The highest BCUT2D eigenvalue weighted by Gasteiger charge is 2.18. The molecule has 6 nitrogen and oxygen atoms in total. The van der Waals surface area contributed by atoms with Gasteiger partial charge in [-0.1, -0.05) is 0 Å². The van der Waals surface area contributed by atoms with Crippen LogP contribution in [0.25, 0.3) is 0 Å². The molecule has 1 aromatic rings. The molecule has 1 saturated heterocycles. The zero-order valence-corrected chi connectivity index (χ0v) is 11.0. The summed E-state index contributed by atoms with van der Waals surface area (Å²) in [6.45, 7) is 3.71. The van der Waals surface area contributed by atoms with Gasteiger partial charge in [-0.05, 0) is 26.2 Å². The number of aromatic nitrogens is 2. The predicted octanol–water partition coefficient (Wildman–Crippen LogP) is 1.08. The Morgan fingerprint density at radius 2 is 2.39 bits per heavy atom. The lowest BCUT2D eigenvalue weighted by Gasteiger charge is -2.28. The van der Waals surface area contributed by atoms with Gasteiger partial charge < -0.3 is 9.64 Å². The molecule has 6 heteroatoms. The van der Waals surface area contributed by atoms with Crippen LogP contribution in [0.5, 0.6) is 0 Å². The Bertz CT molecular complexity index is 392. The number of nitrogen functional groups attached to an aromatic ring is 1. The number of ether oxygens (including phenoxy) is 1. The number of nitrogens with two attached hydrogens (primary N) is 1. The van der Waals surface area contributed by atoms with Crippen molar-refractivity contribution in [3.05, 3.63) is 11.8 Å². The summed E-state index contributed by atoms with van der Waals surface area (Å²) >= 11 is 0. The largest absolute Gasteiger partial charge is 0.376 e. The van der Waals surface area contributed by atoms with Crippen LogP contribution in [-0.4, -0.2) is 36.3 Å². The molecule has 0 bridgehead atoms. The van der Waals surface area contributed by atoms with E-state index in [1.807, 2.05) is 14.0 Å². The van der Waals surface area contributed by atoms with E-state index in [0.29, 0.717) is 12.1 Å². The molecule has 100 valence electrons. The molecule has 3 N–H and O–H groups in total. The third-order valence-electron chi connectivity index (χ3n) is 3.19. The summed E-state index contributed by atoms with van der Waals surface area (Å²) in [6.07, 6.45) is 5.62. The Morgan fingerprint density at radius 3 is 3.06 bits per heavy atom. The van der Waals surface area contributed by atoms with Gasteiger partial charge >= 0.3 is 0 Å². The smallest absolute Gasteiger partial charge is 0.239 e. The van der Waals surface area contributed by atoms with Crippen LogP contribution in [0.3, 0.4) is 0 Å². The van der Waals surface area contributed by atoms with Gasteiger partial charge in [0.1, 0.15) is 5.82 Å². The van der Waals surface area contributed by atoms with Crippen LogP contribution in [0.15, 0.2) is 6.20 Å². The summed E-state index contributed by atoms with van der Waals surface area (Å²) in [7, 11) is 2.02. The van der Waals surface area contributed by atoms with Crippen LogP contribution in [0.4, 0.5) is 11.8 Å². The topological polar surface area (TPSA) is 76.3 Å². The van der Waals surface area contributed by atoms with Crippen LogP contribution in [0.2, 0.25) is 0 Å². The van der Waals surface area contributed by atoms with Gasteiger partial charge in [0, 0.05) is 32.0 Å². The molecular formula is C12H21N5O. The fraction of sp³-hybridized carbons (Fsp3) is 0.667. The number of hydrogen-bond donors (Lipinski definition) is 2. The number of likely N-dealkylation sites (N-methyl/N-ethyl adjacent to an activating group) is 1. The van der Waals surface area contributed by atoms with Crippen molar-refractivity contribution >= 4 is 11.8 Å².